The van der Waals surface area contributed by atoms with Crippen LogP contribution < -0.4 is 5.73 Å². The number of benzene rings is 1. The molecule has 0 amide bonds. The molecule has 2 nitrogen and oxygen atoms in total. The lowest BCUT2D eigenvalue weighted by Gasteiger charge is -2.41. The summed E-state index contributed by atoms with van der Waals surface area (Å²) in [5.41, 5.74) is 6.63. The van der Waals surface area contributed by atoms with Crippen LogP contribution in [0.15, 0.2) is 24.3 Å². The predicted octanol–water partition coefficient (Wildman–Crippen LogP) is 2.95. The van der Waals surface area contributed by atoms with Crippen LogP contribution in [0.2, 0.25) is 0 Å². The molecule has 100 valence electrons. The van der Waals surface area contributed by atoms with Crippen molar-refractivity contribution in [2.75, 3.05) is 13.1 Å². The molecule has 1 saturated heterocycles. The molecule has 2 rings (SSSR count). The third-order valence-electron chi connectivity index (χ3n) is 4.08. The van der Waals surface area contributed by atoms with E-state index in [1.807, 2.05) is 12.1 Å². The summed E-state index contributed by atoms with van der Waals surface area (Å²) in [7, 11) is 0. The highest BCUT2D eigenvalue weighted by Crippen LogP contribution is 2.31. The maximum absolute atomic E-state index is 13.9. The lowest BCUT2D eigenvalue weighted by Crippen LogP contribution is -2.45. The van der Waals surface area contributed by atoms with Crippen molar-refractivity contribution in [1.29, 1.82) is 0 Å². The normalized spacial score (nSPS) is 27.1. The fourth-order valence-corrected chi connectivity index (χ4v) is 3.07. The van der Waals surface area contributed by atoms with Gasteiger partial charge in [-0.15, -0.1) is 0 Å². The molecule has 0 saturated carbocycles. The number of hydrogen-bond acceptors (Lipinski definition) is 2. The molecular weight excluding hydrogens is 227 g/mol. The van der Waals surface area contributed by atoms with Crippen LogP contribution in [-0.4, -0.2) is 24.0 Å². The molecule has 0 radical (unpaired) electrons. The molecule has 1 aromatic rings. The standard InChI is InChI=1S/C15H23FN2/c1-11-7-8-18(12(2)9-11)15(10-17)13-5-3-4-6-14(13)16/h3-6,11-12,15H,7-10,17H2,1-2H3. The fourth-order valence-electron chi connectivity index (χ4n) is 3.07. The zero-order chi connectivity index (χ0) is 13.1. The van der Waals surface area contributed by atoms with E-state index in [0.29, 0.717) is 12.6 Å². The van der Waals surface area contributed by atoms with Gasteiger partial charge in [-0.05, 0) is 38.3 Å². The molecular formula is C15H23FN2. The van der Waals surface area contributed by atoms with Gasteiger partial charge in [0.25, 0.3) is 0 Å². The Bertz CT molecular complexity index is 394. The molecule has 3 heteroatoms. The number of likely N-dealkylation sites (tertiary alicyclic amines) is 1. The first kappa shape index (κ1) is 13.5. The van der Waals surface area contributed by atoms with Gasteiger partial charge in [0.1, 0.15) is 5.82 Å². The Kier molecular flexibility index (Phi) is 4.36. The van der Waals surface area contributed by atoms with Crippen LogP contribution >= 0.6 is 0 Å². The number of nitrogens with two attached hydrogens (primary N) is 1. The van der Waals surface area contributed by atoms with Gasteiger partial charge in [0.15, 0.2) is 0 Å². The summed E-state index contributed by atoms with van der Waals surface area (Å²) in [6.07, 6.45) is 2.35. The van der Waals surface area contributed by atoms with Crippen LogP contribution in [0.1, 0.15) is 38.3 Å². The number of nitrogens with zero attached hydrogens (tertiary/aromatic N) is 1. The summed E-state index contributed by atoms with van der Waals surface area (Å²) in [6.45, 7) is 5.99. The van der Waals surface area contributed by atoms with Gasteiger partial charge in [0, 0.05) is 18.2 Å². The molecule has 0 aromatic heterocycles. The lowest BCUT2D eigenvalue weighted by atomic mass is 9.90. The third-order valence-corrected chi connectivity index (χ3v) is 4.08. The molecule has 3 atom stereocenters. The van der Waals surface area contributed by atoms with Crippen LogP contribution in [0.25, 0.3) is 0 Å². The highest BCUT2D eigenvalue weighted by atomic mass is 19.1. The molecule has 3 unspecified atom stereocenters. The van der Waals surface area contributed by atoms with E-state index < -0.39 is 0 Å². The first-order valence-electron chi connectivity index (χ1n) is 6.83. The fraction of sp³-hybridized carbons (Fsp3) is 0.600. The van der Waals surface area contributed by atoms with Gasteiger partial charge in [-0.1, -0.05) is 25.1 Å². The minimum atomic E-state index is -0.140. The van der Waals surface area contributed by atoms with E-state index >= 15 is 0 Å². The van der Waals surface area contributed by atoms with E-state index in [-0.39, 0.29) is 11.9 Å². The molecule has 2 N–H and O–H groups in total. The highest BCUT2D eigenvalue weighted by molar-refractivity contribution is 5.22. The molecule has 1 aromatic carbocycles. The largest absolute Gasteiger partial charge is 0.329 e. The van der Waals surface area contributed by atoms with Crippen molar-refractivity contribution in [3.05, 3.63) is 35.6 Å². The van der Waals surface area contributed by atoms with E-state index in [1.165, 1.54) is 18.9 Å². The van der Waals surface area contributed by atoms with Crippen LogP contribution in [0.4, 0.5) is 4.39 Å². The summed E-state index contributed by atoms with van der Waals surface area (Å²) < 4.78 is 13.9. The smallest absolute Gasteiger partial charge is 0.128 e. The lowest BCUT2D eigenvalue weighted by molar-refractivity contribution is 0.0830. The quantitative estimate of drug-likeness (QED) is 0.893. The van der Waals surface area contributed by atoms with Crippen molar-refractivity contribution in [2.24, 2.45) is 11.7 Å². The minimum absolute atomic E-state index is 0.00806. The SMILES string of the molecule is CC1CCN(C(CN)c2ccccc2F)C(C)C1. The Hall–Kier alpha value is -0.930. The molecule has 18 heavy (non-hydrogen) atoms. The van der Waals surface area contributed by atoms with Gasteiger partial charge in [-0.25, -0.2) is 4.39 Å². The molecule has 0 spiro atoms. The van der Waals surface area contributed by atoms with Crippen LogP contribution in [-0.2, 0) is 0 Å². The summed E-state index contributed by atoms with van der Waals surface area (Å²) in [5.74, 6) is 0.620. The Labute approximate surface area is 109 Å². The zero-order valence-electron chi connectivity index (χ0n) is 11.3. The Morgan fingerprint density at radius 1 is 1.39 bits per heavy atom. The monoisotopic (exact) mass is 250 g/mol. The molecule has 1 fully saturated rings. The Morgan fingerprint density at radius 3 is 2.72 bits per heavy atom. The van der Waals surface area contributed by atoms with Gasteiger partial charge in [-0.3, -0.25) is 4.90 Å². The summed E-state index contributed by atoms with van der Waals surface area (Å²) in [4.78, 5) is 2.36. The third kappa shape index (κ3) is 2.73. The Balaban J connectivity index is 2.21. The summed E-state index contributed by atoms with van der Waals surface area (Å²) in [5, 5.41) is 0. The second kappa shape index (κ2) is 5.81. The van der Waals surface area contributed by atoms with E-state index in [2.05, 4.69) is 18.7 Å². The minimum Gasteiger partial charge on any atom is -0.329 e. The van der Waals surface area contributed by atoms with Crippen molar-refractivity contribution in [3.63, 3.8) is 0 Å². The number of halogens is 1. The van der Waals surface area contributed by atoms with E-state index in [4.69, 9.17) is 5.73 Å². The second-order valence-electron chi connectivity index (χ2n) is 5.49. The van der Waals surface area contributed by atoms with Crippen molar-refractivity contribution in [2.45, 2.75) is 38.8 Å². The second-order valence-corrected chi connectivity index (χ2v) is 5.49. The summed E-state index contributed by atoms with van der Waals surface area (Å²) in [6, 6.07) is 7.48. The molecule has 0 aliphatic carbocycles. The van der Waals surface area contributed by atoms with Gasteiger partial charge in [0.05, 0.1) is 6.04 Å². The Morgan fingerprint density at radius 2 is 2.11 bits per heavy atom. The zero-order valence-corrected chi connectivity index (χ0v) is 11.3. The van der Waals surface area contributed by atoms with Crippen LogP contribution in [0, 0.1) is 11.7 Å². The van der Waals surface area contributed by atoms with E-state index in [0.717, 1.165) is 18.0 Å². The first-order valence-corrected chi connectivity index (χ1v) is 6.83. The number of rotatable bonds is 3. The highest BCUT2D eigenvalue weighted by Gasteiger charge is 2.30. The molecule has 0 bridgehead atoms. The summed E-state index contributed by atoms with van der Waals surface area (Å²) >= 11 is 0. The average Bonchev–Trinajstić information content (AvgIpc) is 2.34. The van der Waals surface area contributed by atoms with Gasteiger partial charge in [-0.2, -0.15) is 0 Å². The number of piperidine rings is 1. The number of hydrogen-bond donors (Lipinski definition) is 1. The van der Waals surface area contributed by atoms with E-state index in [9.17, 15) is 4.39 Å². The van der Waals surface area contributed by atoms with Crippen LogP contribution in [0.5, 0.6) is 0 Å². The van der Waals surface area contributed by atoms with Crippen molar-refractivity contribution < 1.29 is 4.39 Å². The molecule has 1 aliphatic heterocycles. The predicted molar refractivity (Wildman–Crippen MR) is 72.8 cm³/mol. The van der Waals surface area contributed by atoms with E-state index in [1.54, 1.807) is 6.07 Å². The van der Waals surface area contributed by atoms with Gasteiger partial charge in [0.2, 0.25) is 0 Å². The first-order chi connectivity index (χ1) is 8.63. The van der Waals surface area contributed by atoms with Crippen LogP contribution in [0.3, 0.4) is 0 Å². The van der Waals surface area contributed by atoms with Crippen molar-refractivity contribution >= 4 is 0 Å². The maximum Gasteiger partial charge on any atom is 0.128 e. The molecule has 1 aliphatic rings. The molecule has 1 heterocycles. The van der Waals surface area contributed by atoms with Crippen molar-refractivity contribution in [1.82, 2.24) is 4.90 Å². The topological polar surface area (TPSA) is 29.3 Å². The average molecular weight is 250 g/mol. The van der Waals surface area contributed by atoms with Gasteiger partial charge >= 0.3 is 0 Å². The van der Waals surface area contributed by atoms with Crippen molar-refractivity contribution in [3.8, 4) is 0 Å². The maximum atomic E-state index is 13.9. The van der Waals surface area contributed by atoms with Gasteiger partial charge < -0.3 is 5.73 Å².